The summed E-state index contributed by atoms with van der Waals surface area (Å²) in [5, 5.41) is 1.04. The van der Waals surface area contributed by atoms with Crippen LogP contribution in [-0.4, -0.2) is 11.6 Å². The second-order valence-electron chi connectivity index (χ2n) is 6.32. The predicted molar refractivity (Wildman–Crippen MR) is 115 cm³/mol. The Morgan fingerprint density at radius 1 is 0.885 bits per heavy atom. The third-order valence-electron chi connectivity index (χ3n) is 4.25. The van der Waals surface area contributed by atoms with Crippen molar-refractivity contribution in [1.82, 2.24) is 4.98 Å². The maximum absolute atomic E-state index is 5.84. The largest absolute Gasteiger partial charge is 0.494 e. The highest BCUT2D eigenvalue weighted by atomic mass is 79.9. The van der Waals surface area contributed by atoms with Crippen molar-refractivity contribution in [2.24, 2.45) is 0 Å². The summed E-state index contributed by atoms with van der Waals surface area (Å²) < 4.78 is 6.93. The molecule has 2 nitrogen and oxygen atoms in total. The molecule has 3 aromatic rings. The van der Waals surface area contributed by atoms with Crippen LogP contribution in [0.3, 0.4) is 0 Å². The lowest BCUT2D eigenvalue weighted by Gasteiger charge is -2.06. The predicted octanol–water partition coefficient (Wildman–Crippen LogP) is 7.59. The molecule has 0 unspecified atom stereocenters. The van der Waals surface area contributed by atoms with E-state index in [0.717, 1.165) is 33.8 Å². The van der Waals surface area contributed by atoms with Crippen LogP contribution < -0.4 is 4.74 Å². The van der Waals surface area contributed by atoms with Crippen molar-refractivity contribution >= 4 is 27.3 Å². The summed E-state index contributed by atoms with van der Waals surface area (Å²) in [6.07, 6.45) is 8.25. The maximum atomic E-state index is 5.84. The summed E-state index contributed by atoms with van der Waals surface area (Å²) in [5.74, 6) is 0.939. The maximum Gasteiger partial charge on any atom is 0.123 e. The first-order valence-corrected chi connectivity index (χ1v) is 10.8. The molecule has 0 aliphatic carbocycles. The minimum atomic E-state index is 0.800. The van der Waals surface area contributed by atoms with E-state index in [1.807, 2.05) is 18.3 Å². The highest BCUT2D eigenvalue weighted by molar-refractivity contribution is 9.10. The molecule has 1 aromatic heterocycles. The van der Waals surface area contributed by atoms with Gasteiger partial charge in [-0.05, 0) is 48.4 Å². The van der Waals surface area contributed by atoms with E-state index in [0.29, 0.717) is 0 Å². The van der Waals surface area contributed by atoms with Gasteiger partial charge in [-0.15, -0.1) is 11.3 Å². The Bertz CT molecular complexity index is 796. The van der Waals surface area contributed by atoms with E-state index in [1.165, 1.54) is 36.1 Å². The van der Waals surface area contributed by atoms with Crippen LogP contribution in [0.1, 0.15) is 39.0 Å². The van der Waals surface area contributed by atoms with Gasteiger partial charge in [0, 0.05) is 16.2 Å². The van der Waals surface area contributed by atoms with Gasteiger partial charge < -0.3 is 4.74 Å². The molecule has 0 aliphatic rings. The molecule has 0 bridgehead atoms. The van der Waals surface area contributed by atoms with Gasteiger partial charge in [-0.25, -0.2) is 4.98 Å². The number of thiazole rings is 1. The monoisotopic (exact) mass is 429 g/mol. The third kappa shape index (κ3) is 5.42. The normalized spacial score (nSPS) is 10.8. The molecule has 0 saturated carbocycles. The van der Waals surface area contributed by atoms with Crippen molar-refractivity contribution in [3.05, 3.63) is 59.2 Å². The number of aromatic nitrogens is 1. The number of benzene rings is 2. The first-order valence-electron chi connectivity index (χ1n) is 9.21. The first-order chi connectivity index (χ1) is 12.8. The van der Waals surface area contributed by atoms with Crippen molar-refractivity contribution in [3.8, 4) is 26.8 Å². The molecule has 0 N–H and O–H groups in total. The van der Waals surface area contributed by atoms with Gasteiger partial charge in [0.2, 0.25) is 0 Å². The van der Waals surface area contributed by atoms with Crippen LogP contribution >= 0.6 is 27.3 Å². The van der Waals surface area contributed by atoms with Crippen LogP contribution in [0.25, 0.3) is 21.0 Å². The van der Waals surface area contributed by atoms with Crippen LogP contribution in [0.5, 0.6) is 5.75 Å². The first kappa shape index (κ1) is 19.1. The van der Waals surface area contributed by atoms with Gasteiger partial charge in [0.15, 0.2) is 0 Å². The molecular formula is C22H24BrNOS. The highest BCUT2D eigenvalue weighted by Gasteiger charge is 2.07. The van der Waals surface area contributed by atoms with Crippen molar-refractivity contribution < 1.29 is 4.74 Å². The van der Waals surface area contributed by atoms with Gasteiger partial charge in [-0.2, -0.15) is 0 Å². The average Bonchev–Trinajstić information content (AvgIpc) is 3.16. The van der Waals surface area contributed by atoms with E-state index in [4.69, 9.17) is 4.74 Å². The average molecular weight is 430 g/mol. The molecule has 1 heterocycles. The number of halogens is 1. The zero-order valence-corrected chi connectivity index (χ0v) is 17.5. The fourth-order valence-corrected chi connectivity index (χ4v) is 3.94. The molecule has 0 atom stereocenters. The Morgan fingerprint density at radius 3 is 2.31 bits per heavy atom. The topological polar surface area (TPSA) is 22.1 Å². The second kappa shape index (κ2) is 9.89. The molecule has 26 heavy (non-hydrogen) atoms. The Balaban J connectivity index is 1.56. The van der Waals surface area contributed by atoms with Gasteiger partial charge >= 0.3 is 0 Å². The number of hydrogen-bond acceptors (Lipinski definition) is 3. The number of nitrogens with zero attached hydrogens (tertiary/aromatic N) is 1. The summed E-state index contributed by atoms with van der Waals surface area (Å²) >= 11 is 5.19. The number of ether oxygens (including phenoxy) is 1. The van der Waals surface area contributed by atoms with E-state index < -0.39 is 0 Å². The summed E-state index contributed by atoms with van der Waals surface area (Å²) in [4.78, 5) is 5.77. The summed E-state index contributed by atoms with van der Waals surface area (Å²) in [6, 6.07) is 16.6. The van der Waals surface area contributed by atoms with E-state index in [-0.39, 0.29) is 0 Å². The number of rotatable bonds is 9. The van der Waals surface area contributed by atoms with E-state index >= 15 is 0 Å². The summed E-state index contributed by atoms with van der Waals surface area (Å²) in [6.45, 7) is 3.04. The minimum Gasteiger partial charge on any atom is -0.494 e. The quantitative estimate of drug-likeness (QED) is 0.326. The Labute approximate surface area is 168 Å². The minimum absolute atomic E-state index is 0.800. The van der Waals surface area contributed by atoms with Crippen LogP contribution in [-0.2, 0) is 0 Å². The molecule has 0 amide bonds. The Kier molecular flexibility index (Phi) is 7.27. The van der Waals surface area contributed by atoms with Gasteiger partial charge in [-0.3, -0.25) is 0 Å². The molecule has 136 valence electrons. The van der Waals surface area contributed by atoms with Crippen molar-refractivity contribution in [3.63, 3.8) is 0 Å². The van der Waals surface area contributed by atoms with Crippen molar-refractivity contribution in [2.45, 2.75) is 39.0 Å². The number of hydrogen-bond donors (Lipinski definition) is 0. The molecule has 0 saturated heterocycles. The van der Waals surface area contributed by atoms with Crippen LogP contribution in [0.15, 0.2) is 59.2 Å². The van der Waals surface area contributed by atoms with Crippen molar-refractivity contribution in [2.75, 3.05) is 6.61 Å². The molecule has 2 aromatic carbocycles. The molecule has 3 rings (SSSR count). The third-order valence-corrected chi connectivity index (χ3v) is 5.88. The van der Waals surface area contributed by atoms with Gasteiger partial charge in [0.1, 0.15) is 10.8 Å². The molecular weight excluding hydrogens is 406 g/mol. The SMILES string of the molecule is CCCCCCCOc1ccc(-c2ncc(-c3ccc(Br)cc3)s2)cc1. The number of unbranched alkanes of at least 4 members (excludes halogenated alkanes) is 4. The zero-order valence-electron chi connectivity index (χ0n) is 15.1. The lowest BCUT2D eigenvalue weighted by atomic mass is 10.2. The fraction of sp³-hybridized carbons (Fsp3) is 0.318. The lowest BCUT2D eigenvalue weighted by molar-refractivity contribution is 0.304. The summed E-state index contributed by atoms with van der Waals surface area (Å²) in [7, 11) is 0. The standard InChI is InChI=1S/C22H24BrNOS/c1-2-3-4-5-6-15-25-20-13-9-18(10-14-20)22-24-16-21(26-22)17-7-11-19(23)12-8-17/h7-14,16H,2-6,15H2,1H3. The molecule has 0 aliphatic heterocycles. The lowest BCUT2D eigenvalue weighted by Crippen LogP contribution is -1.97. The second-order valence-corrected chi connectivity index (χ2v) is 8.27. The smallest absolute Gasteiger partial charge is 0.123 e. The Hall–Kier alpha value is -1.65. The van der Waals surface area contributed by atoms with Gasteiger partial charge in [0.25, 0.3) is 0 Å². The van der Waals surface area contributed by atoms with Gasteiger partial charge in [-0.1, -0.05) is 60.7 Å². The van der Waals surface area contributed by atoms with E-state index in [9.17, 15) is 0 Å². The fourth-order valence-electron chi connectivity index (χ4n) is 2.74. The van der Waals surface area contributed by atoms with Crippen molar-refractivity contribution in [1.29, 1.82) is 0 Å². The van der Waals surface area contributed by atoms with Gasteiger partial charge in [0.05, 0.1) is 11.5 Å². The molecule has 0 fully saturated rings. The highest BCUT2D eigenvalue weighted by Crippen LogP contribution is 2.33. The van der Waals surface area contributed by atoms with Crippen LogP contribution in [0, 0.1) is 0 Å². The molecule has 0 spiro atoms. The molecule has 0 radical (unpaired) electrons. The van der Waals surface area contributed by atoms with Crippen LogP contribution in [0.4, 0.5) is 0 Å². The summed E-state index contributed by atoms with van der Waals surface area (Å²) in [5.41, 5.74) is 2.33. The van der Waals surface area contributed by atoms with E-state index in [2.05, 4.69) is 64.2 Å². The molecule has 4 heteroatoms. The zero-order chi connectivity index (χ0) is 18.2. The Morgan fingerprint density at radius 2 is 1.58 bits per heavy atom. The van der Waals surface area contributed by atoms with Crippen LogP contribution in [0.2, 0.25) is 0 Å². The van der Waals surface area contributed by atoms with E-state index in [1.54, 1.807) is 11.3 Å².